The van der Waals surface area contributed by atoms with Crippen LogP contribution in [0, 0.1) is 0 Å². The number of aliphatic hydroxyl groups is 1. The molecular weight excluding hydrogens is 253 g/mol. The van der Waals surface area contributed by atoms with Crippen LogP contribution in [-0.2, 0) is 30.4 Å². The zero-order valence-electron chi connectivity index (χ0n) is 9.80. The molecule has 0 radical (unpaired) electrons. The van der Waals surface area contributed by atoms with Crippen molar-refractivity contribution in [1.29, 1.82) is 0 Å². The lowest BCUT2D eigenvalue weighted by Gasteiger charge is -2.28. The van der Waals surface area contributed by atoms with E-state index in [0.717, 1.165) is 0 Å². The summed E-state index contributed by atoms with van der Waals surface area (Å²) in [6.45, 7) is -1.13. The summed E-state index contributed by atoms with van der Waals surface area (Å²) in [5.74, 6) is -0.920. The highest BCUT2D eigenvalue weighted by atomic mass is 32.5. The number of carbonyl (C=O) groups excluding carboxylic acids is 1. The van der Waals surface area contributed by atoms with Gasteiger partial charge in [0.1, 0.15) is 6.04 Å². The first-order valence-electron chi connectivity index (χ1n) is 4.61. The van der Waals surface area contributed by atoms with Crippen LogP contribution in [0.2, 0.25) is 0 Å². The number of aliphatic hydroxyl groups excluding tert-OH is 1. The molecule has 0 aromatic carbocycles. The molecule has 0 saturated heterocycles. The number of rotatable bonds is 7. The maximum Gasteiger partial charge on any atom is 0.325 e. The Hall–Kier alpha value is -0.0400. The number of ether oxygens (including phenoxy) is 1. The second-order valence-corrected chi connectivity index (χ2v) is 7.12. The zero-order valence-corrected chi connectivity index (χ0v) is 11.5. The number of methoxy groups -OCH3 is 1. The summed E-state index contributed by atoms with van der Waals surface area (Å²) < 4.78 is 14.7. The highest BCUT2D eigenvalue weighted by Crippen LogP contribution is 2.50. The number of esters is 1. The Labute approximate surface area is 100 Å². The molecular formula is C8H18NO5PS. The van der Waals surface area contributed by atoms with Crippen LogP contribution < -0.4 is 5.32 Å². The van der Waals surface area contributed by atoms with E-state index in [2.05, 4.69) is 10.1 Å². The number of nitrogens with one attached hydrogen (secondary N) is 1. The molecule has 0 rings (SSSR count). The molecule has 0 spiro atoms. The van der Waals surface area contributed by atoms with Gasteiger partial charge in [-0.1, -0.05) is 0 Å². The largest absolute Gasteiger partial charge is 0.468 e. The van der Waals surface area contributed by atoms with E-state index in [1.54, 1.807) is 6.92 Å². The molecule has 0 aromatic rings. The minimum Gasteiger partial charge on any atom is -0.468 e. The van der Waals surface area contributed by atoms with Crippen molar-refractivity contribution in [2.24, 2.45) is 0 Å². The summed E-state index contributed by atoms with van der Waals surface area (Å²) in [5, 5.41) is 11.9. The van der Waals surface area contributed by atoms with Crippen LogP contribution in [0.25, 0.3) is 0 Å². The molecule has 0 aliphatic carbocycles. The van der Waals surface area contributed by atoms with Gasteiger partial charge in [0.05, 0.1) is 19.5 Å². The van der Waals surface area contributed by atoms with Crippen molar-refractivity contribution in [3.63, 3.8) is 0 Å². The normalized spacial score (nSPS) is 15.6. The summed E-state index contributed by atoms with van der Waals surface area (Å²) in [6, 6.07) is -0.826. The van der Waals surface area contributed by atoms with Crippen LogP contribution in [0.15, 0.2) is 0 Å². The maximum atomic E-state index is 11.2. The molecule has 0 aliphatic heterocycles. The summed E-state index contributed by atoms with van der Waals surface area (Å²) in [4.78, 5) is 11.2. The quantitative estimate of drug-likeness (QED) is 0.501. The van der Waals surface area contributed by atoms with Gasteiger partial charge in [-0.15, -0.1) is 0 Å². The van der Waals surface area contributed by atoms with E-state index in [4.69, 9.17) is 26.0 Å². The molecule has 0 saturated carbocycles. The molecule has 2 N–H and O–H groups in total. The molecule has 1 unspecified atom stereocenters. The Morgan fingerprint density at radius 1 is 1.44 bits per heavy atom. The van der Waals surface area contributed by atoms with Crippen LogP contribution in [-0.4, -0.2) is 50.8 Å². The molecule has 16 heavy (non-hydrogen) atoms. The monoisotopic (exact) mass is 271 g/mol. The molecule has 0 fully saturated rings. The van der Waals surface area contributed by atoms with Gasteiger partial charge in [0.15, 0.2) is 0 Å². The molecule has 96 valence electrons. The fourth-order valence-corrected chi connectivity index (χ4v) is 2.44. The van der Waals surface area contributed by atoms with Crippen molar-refractivity contribution in [2.75, 3.05) is 27.9 Å². The van der Waals surface area contributed by atoms with E-state index < -0.39 is 18.5 Å². The predicted molar refractivity (Wildman–Crippen MR) is 63.8 cm³/mol. The predicted octanol–water partition coefficient (Wildman–Crippen LogP) is 0.0582. The Morgan fingerprint density at radius 2 is 1.94 bits per heavy atom. The zero-order chi connectivity index (χ0) is 12.8. The van der Waals surface area contributed by atoms with Crippen LogP contribution in [0.4, 0.5) is 0 Å². The molecule has 0 aromatic heterocycles. The minimum absolute atomic E-state index is 0.367. The first-order valence-corrected chi connectivity index (χ1v) is 7.31. The molecule has 0 bridgehead atoms. The van der Waals surface area contributed by atoms with Crippen LogP contribution in [0.1, 0.15) is 6.92 Å². The number of carbonyl (C=O) groups is 1. The van der Waals surface area contributed by atoms with Crippen molar-refractivity contribution < 1.29 is 23.7 Å². The molecule has 2 atom stereocenters. The third-order valence-corrected chi connectivity index (χ3v) is 6.05. The van der Waals surface area contributed by atoms with Gasteiger partial charge in [0, 0.05) is 14.2 Å². The maximum absolute atomic E-state index is 11.2. The molecule has 6 nitrogen and oxygen atoms in total. The molecule has 0 amide bonds. The molecule has 8 heteroatoms. The second-order valence-electron chi connectivity index (χ2n) is 3.01. The van der Waals surface area contributed by atoms with E-state index in [1.807, 2.05) is 0 Å². The second kappa shape index (κ2) is 7.32. The topological polar surface area (TPSA) is 77.0 Å². The highest BCUT2D eigenvalue weighted by molar-refractivity contribution is 8.10. The Bertz CT molecular complexity index is 267. The Kier molecular flexibility index (Phi) is 7.30. The lowest BCUT2D eigenvalue weighted by Crippen LogP contribution is -2.45. The average molecular weight is 271 g/mol. The van der Waals surface area contributed by atoms with E-state index >= 15 is 0 Å². The lowest BCUT2D eigenvalue weighted by molar-refractivity contribution is -0.144. The van der Waals surface area contributed by atoms with E-state index in [0.29, 0.717) is 0 Å². The standard InChI is InChI=1S/C8H18NO5PS/c1-6(15(16,13-3)14-4)9-7(5-10)8(11)12-2/h6-7,9-10H,5H2,1-4H3/t6-,7?/m1/s1. The van der Waals surface area contributed by atoms with Gasteiger partial charge in [-0.3, -0.25) is 10.1 Å². The van der Waals surface area contributed by atoms with Crippen molar-refractivity contribution in [2.45, 2.75) is 18.7 Å². The van der Waals surface area contributed by atoms with E-state index in [-0.39, 0.29) is 12.4 Å². The van der Waals surface area contributed by atoms with Gasteiger partial charge in [-0.2, -0.15) is 0 Å². The van der Waals surface area contributed by atoms with E-state index in [1.165, 1.54) is 21.3 Å². The third-order valence-electron chi connectivity index (χ3n) is 2.09. The van der Waals surface area contributed by atoms with Crippen LogP contribution >= 0.6 is 6.49 Å². The summed E-state index contributed by atoms with van der Waals surface area (Å²) in [6.07, 6.45) is 0. The summed E-state index contributed by atoms with van der Waals surface area (Å²) in [5.41, 5.74) is 0. The van der Waals surface area contributed by atoms with Crippen molar-refractivity contribution in [3.05, 3.63) is 0 Å². The third kappa shape index (κ3) is 4.08. The summed E-state index contributed by atoms with van der Waals surface area (Å²) in [7, 11) is 4.16. The van der Waals surface area contributed by atoms with Gasteiger partial charge in [-0.05, 0) is 18.7 Å². The highest BCUT2D eigenvalue weighted by Gasteiger charge is 2.29. The lowest BCUT2D eigenvalue weighted by atomic mass is 10.3. The smallest absolute Gasteiger partial charge is 0.325 e. The number of hydrogen-bond donors (Lipinski definition) is 2. The van der Waals surface area contributed by atoms with E-state index in [9.17, 15) is 4.79 Å². The van der Waals surface area contributed by atoms with Gasteiger partial charge in [0.25, 0.3) is 0 Å². The van der Waals surface area contributed by atoms with Gasteiger partial charge < -0.3 is 18.9 Å². The van der Waals surface area contributed by atoms with Gasteiger partial charge >= 0.3 is 5.97 Å². The van der Waals surface area contributed by atoms with Crippen molar-refractivity contribution >= 4 is 24.3 Å². The number of hydrogen-bond acceptors (Lipinski definition) is 7. The van der Waals surface area contributed by atoms with Crippen molar-refractivity contribution in [3.8, 4) is 0 Å². The first kappa shape index (κ1) is 16.0. The molecule has 0 heterocycles. The minimum atomic E-state index is -2.49. The Balaban J connectivity index is 4.57. The molecule has 0 aliphatic rings. The van der Waals surface area contributed by atoms with Gasteiger partial charge in [-0.25, -0.2) is 0 Å². The SMILES string of the molecule is COC(=O)C(CO)N[C@@H](C)P(=S)(OC)OC. The Morgan fingerprint density at radius 3 is 2.25 bits per heavy atom. The van der Waals surface area contributed by atoms with Crippen LogP contribution in [0.3, 0.4) is 0 Å². The van der Waals surface area contributed by atoms with Crippen molar-refractivity contribution in [1.82, 2.24) is 5.32 Å². The van der Waals surface area contributed by atoms with Crippen LogP contribution in [0.5, 0.6) is 0 Å². The fraction of sp³-hybridized carbons (Fsp3) is 0.875. The first-order chi connectivity index (χ1) is 7.45. The summed E-state index contributed by atoms with van der Waals surface area (Å²) >= 11 is 5.19. The average Bonchev–Trinajstić information content (AvgIpc) is 2.33. The fourth-order valence-electron chi connectivity index (χ4n) is 1.11. The van der Waals surface area contributed by atoms with Gasteiger partial charge in [0.2, 0.25) is 6.49 Å².